The standard InChI is InChI=1S/C15H26N2O2.ClH/c1-10-14(16-7-8-19-10)15(18)17-13-6-5-11-3-2-4-12(11)9-13;/h10-14,16H,2-9H2,1H3,(H,17,18);1H/t10-,11?,12?,13?,14+;/m1./s1. The maximum atomic E-state index is 12.3. The predicted molar refractivity (Wildman–Crippen MR) is 81.1 cm³/mol. The molecule has 3 aliphatic rings. The molecule has 116 valence electrons. The Morgan fingerprint density at radius 1 is 1.20 bits per heavy atom. The SMILES string of the molecule is C[C@H]1OCCN[C@@H]1C(=O)NC1CCC2CCCC2C1.Cl. The summed E-state index contributed by atoms with van der Waals surface area (Å²) in [4.78, 5) is 12.3. The number of amides is 1. The van der Waals surface area contributed by atoms with Crippen molar-refractivity contribution in [1.82, 2.24) is 10.6 Å². The van der Waals surface area contributed by atoms with Gasteiger partial charge in [0.15, 0.2) is 0 Å². The maximum Gasteiger partial charge on any atom is 0.240 e. The first-order valence-corrected chi connectivity index (χ1v) is 7.89. The number of hydrogen-bond donors (Lipinski definition) is 2. The molecule has 3 unspecified atom stereocenters. The van der Waals surface area contributed by atoms with E-state index in [-0.39, 0.29) is 30.5 Å². The van der Waals surface area contributed by atoms with Crippen molar-refractivity contribution >= 4 is 18.3 Å². The highest BCUT2D eigenvalue weighted by atomic mass is 35.5. The Kier molecular flexibility index (Phi) is 5.70. The summed E-state index contributed by atoms with van der Waals surface area (Å²) in [5, 5.41) is 6.52. The number of morpholine rings is 1. The molecule has 0 aromatic rings. The molecule has 1 saturated heterocycles. The van der Waals surface area contributed by atoms with Crippen LogP contribution in [0.5, 0.6) is 0 Å². The molecule has 0 aromatic carbocycles. The van der Waals surface area contributed by atoms with Crippen LogP contribution in [-0.2, 0) is 9.53 Å². The van der Waals surface area contributed by atoms with Crippen molar-refractivity contribution in [2.24, 2.45) is 11.8 Å². The topological polar surface area (TPSA) is 50.4 Å². The number of carbonyl (C=O) groups excluding carboxylic acids is 1. The molecule has 0 radical (unpaired) electrons. The third-order valence-corrected chi connectivity index (χ3v) is 5.24. The summed E-state index contributed by atoms with van der Waals surface area (Å²) in [5.74, 6) is 1.95. The van der Waals surface area contributed by atoms with Gasteiger partial charge in [0.25, 0.3) is 0 Å². The van der Waals surface area contributed by atoms with E-state index in [2.05, 4.69) is 10.6 Å². The normalized spacial score (nSPS) is 40.5. The summed E-state index contributed by atoms with van der Waals surface area (Å²) >= 11 is 0. The zero-order valence-electron chi connectivity index (χ0n) is 12.3. The molecule has 5 atom stereocenters. The summed E-state index contributed by atoms with van der Waals surface area (Å²) < 4.78 is 5.55. The van der Waals surface area contributed by atoms with Gasteiger partial charge in [-0.1, -0.05) is 19.3 Å². The molecule has 0 aromatic heterocycles. The predicted octanol–water partition coefficient (Wildman–Crippen LogP) is 1.87. The Morgan fingerprint density at radius 2 is 2.00 bits per heavy atom. The molecule has 20 heavy (non-hydrogen) atoms. The zero-order valence-corrected chi connectivity index (χ0v) is 13.1. The molecule has 5 heteroatoms. The van der Waals surface area contributed by atoms with Gasteiger partial charge >= 0.3 is 0 Å². The van der Waals surface area contributed by atoms with Crippen molar-refractivity contribution in [2.75, 3.05) is 13.2 Å². The fraction of sp³-hybridized carbons (Fsp3) is 0.933. The quantitative estimate of drug-likeness (QED) is 0.819. The first-order valence-electron chi connectivity index (χ1n) is 7.89. The average molecular weight is 303 g/mol. The van der Waals surface area contributed by atoms with Crippen LogP contribution in [0.15, 0.2) is 0 Å². The van der Waals surface area contributed by atoms with E-state index in [9.17, 15) is 4.79 Å². The third kappa shape index (κ3) is 3.46. The molecule has 1 aliphatic heterocycles. The lowest BCUT2D eigenvalue weighted by atomic mass is 9.79. The van der Waals surface area contributed by atoms with Gasteiger partial charge in [0.1, 0.15) is 6.04 Å². The van der Waals surface area contributed by atoms with Gasteiger partial charge in [-0.05, 0) is 38.0 Å². The van der Waals surface area contributed by atoms with E-state index in [4.69, 9.17) is 4.74 Å². The molecule has 1 amide bonds. The molecule has 0 bridgehead atoms. The molecule has 2 aliphatic carbocycles. The van der Waals surface area contributed by atoms with Crippen LogP contribution >= 0.6 is 12.4 Å². The van der Waals surface area contributed by atoms with Gasteiger partial charge in [0, 0.05) is 12.6 Å². The second kappa shape index (κ2) is 7.10. The van der Waals surface area contributed by atoms with E-state index >= 15 is 0 Å². The maximum absolute atomic E-state index is 12.3. The van der Waals surface area contributed by atoms with Gasteiger partial charge in [-0.2, -0.15) is 0 Å². The van der Waals surface area contributed by atoms with E-state index in [0.717, 1.165) is 24.8 Å². The number of fused-ring (bicyclic) bond motifs is 1. The summed E-state index contributed by atoms with van der Waals surface area (Å²) in [7, 11) is 0. The molecule has 4 nitrogen and oxygen atoms in total. The lowest BCUT2D eigenvalue weighted by molar-refractivity contribution is -0.130. The Bertz CT molecular complexity index is 340. The van der Waals surface area contributed by atoms with Crippen molar-refractivity contribution in [3.8, 4) is 0 Å². The molecule has 3 fully saturated rings. The Morgan fingerprint density at radius 3 is 2.80 bits per heavy atom. The molecule has 1 heterocycles. The van der Waals surface area contributed by atoms with E-state index in [1.807, 2.05) is 6.92 Å². The molecular weight excluding hydrogens is 276 g/mol. The van der Waals surface area contributed by atoms with Crippen LogP contribution in [0.4, 0.5) is 0 Å². The fourth-order valence-electron chi connectivity index (χ4n) is 4.15. The molecule has 3 rings (SSSR count). The van der Waals surface area contributed by atoms with Crippen LogP contribution in [0.1, 0.15) is 45.4 Å². The van der Waals surface area contributed by atoms with Crippen LogP contribution in [-0.4, -0.2) is 37.2 Å². The number of hydrogen-bond acceptors (Lipinski definition) is 3. The Labute approximate surface area is 127 Å². The molecular formula is C15H27ClN2O2. The minimum Gasteiger partial charge on any atom is -0.375 e. The van der Waals surface area contributed by atoms with Gasteiger partial charge in [0.05, 0.1) is 12.7 Å². The number of rotatable bonds is 2. The Hall–Kier alpha value is -0.320. The van der Waals surface area contributed by atoms with Crippen LogP contribution in [0.2, 0.25) is 0 Å². The highest BCUT2D eigenvalue weighted by Crippen LogP contribution is 2.42. The summed E-state index contributed by atoms with van der Waals surface area (Å²) in [5.41, 5.74) is 0. The summed E-state index contributed by atoms with van der Waals surface area (Å²) in [6.07, 6.45) is 7.83. The van der Waals surface area contributed by atoms with Gasteiger partial charge in [-0.3, -0.25) is 4.79 Å². The van der Waals surface area contributed by atoms with Crippen molar-refractivity contribution < 1.29 is 9.53 Å². The molecule has 2 saturated carbocycles. The van der Waals surface area contributed by atoms with Gasteiger partial charge in [-0.15, -0.1) is 12.4 Å². The van der Waals surface area contributed by atoms with Crippen LogP contribution in [0.3, 0.4) is 0 Å². The van der Waals surface area contributed by atoms with Crippen molar-refractivity contribution in [3.05, 3.63) is 0 Å². The highest BCUT2D eigenvalue weighted by Gasteiger charge is 2.36. The van der Waals surface area contributed by atoms with E-state index in [0.29, 0.717) is 12.6 Å². The summed E-state index contributed by atoms with van der Waals surface area (Å²) in [6.45, 7) is 3.46. The highest BCUT2D eigenvalue weighted by molar-refractivity contribution is 5.85. The summed E-state index contributed by atoms with van der Waals surface area (Å²) in [6, 6.07) is 0.220. The van der Waals surface area contributed by atoms with Crippen LogP contribution in [0, 0.1) is 11.8 Å². The number of ether oxygens (including phenoxy) is 1. The zero-order chi connectivity index (χ0) is 13.2. The van der Waals surface area contributed by atoms with Gasteiger partial charge in [0.2, 0.25) is 5.91 Å². The van der Waals surface area contributed by atoms with Crippen molar-refractivity contribution in [2.45, 2.75) is 63.6 Å². The van der Waals surface area contributed by atoms with E-state index in [1.165, 1.54) is 32.1 Å². The number of nitrogens with one attached hydrogen (secondary N) is 2. The smallest absolute Gasteiger partial charge is 0.240 e. The van der Waals surface area contributed by atoms with E-state index in [1.54, 1.807) is 0 Å². The largest absolute Gasteiger partial charge is 0.375 e. The first-order chi connectivity index (χ1) is 9.24. The average Bonchev–Trinajstić information content (AvgIpc) is 2.86. The molecule has 0 spiro atoms. The third-order valence-electron chi connectivity index (χ3n) is 5.24. The van der Waals surface area contributed by atoms with Crippen molar-refractivity contribution in [1.29, 1.82) is 0 Å². The number of halogens is 1. The Balaban J connectivity index is 0.00000147. The minimum absolute atomic E-state index is 0. The van der Waals surface area contributed by atoms with Gasteiger partial charge < -0.3 is 15.4 Å². The lowest BCUT2D eigenvalue weighted by Gasteiger charge is -2.35. The minimum atomic E-state index is -0.171. The van der Waals surface area contributed by atoms with E-state index < -0.39 is 0 Å². The first kappa shape index (κ1) is 16.1. The number of carbonyl (C=O) groups is 1. The second-order valence-corrected chi connectivity index (χ2v) is 6.48. The van der Waals surface area contributed by atoms with Crippen molar-refractivity contribution in [3.63, 3.8) is 0 Å². The molecule has 2 N–H and O–H groups in total. The van der Waals surface area contributed by atoms with Gasteiger partial charge in [-0.25, -0.2) is 0 Å². The monoisotopic (exact) mass is 302 g/mol. The van der Waals surface area contributed by atoms with Crippen LogP contribution < -0.4 is 10.6 Å². The second-order valence-electron chi connectivity index (χ2n) is 6.48. The lowest BCUT2D eigenvalue weighted by Crippen LogP contribution is -2.57. The van der Waals surface area contributed by atoms with Crippen LogP contribution in [0.25, 0.3) is 0 Å². The fourth-order valence-corrected chi connectivity index (χ4v) is 4.15.